The van der Waals surface area contributed by atoms with Crippen molar-refractivity contribution in [2.45, 2.75) is 44.3 Å². The van der Waals surface area contributed by atoms with Crippen LogP contribution in [0.2, 0.25) is 0 Å². The lowest BCUT2D eigenvalue weighted by Crippen LogP contribution is -2.52. The number of anilines is 1. The van der Waals surface area contributed by atoms with E-state index < -0.39 is 28.5 Å². The highest BCUT2D eigenvalue weighted by molar-refractivity contribution is 9.10. The summed E-state index contributed by atoms with van der Waals surface area (Å²) in [5.74, 6) is -0.807. The molecule has 0 saturated heterocycles. The van der Waals surface area contributed by atoms with Gasteiger partial charge in [0.05, 0.1) is 10.6 Å². The van der Waals surface area contributed by atoms with Gasteiger partial charge in [0.15, 0.2) is 0 Å². The molecule has 3 aromatic carbocycles. The first-order chi connectivity index (χ1) is 17.1. The fourth-order valence-electron chi connectivity index (χ4n) is 3.65. The number of amides is 2. The smallest absolute Gasteiger partial charge is 0.264 e. The Labute approximate surface area is 221 Å². The summed E-state index contributed by atoms with van der Waals surface area (Å²) in [5, 5.41) is 2.84. The van der Waals surface area contributed by atoms with E-state index in [0.717, 1.165) is 9.87 Å². The molecular weight excluding hydrogens is 542 g/mol. The number of carbonyl (C=O) groups excluding carboxylic acids is 2. The molecule has 36 heavy (non-hydrogen) atoms. The zero-order valence-electron chi connectivity index (χ0n) is 20.5. The number of rotatable bonds is 10. The zero-order chi connectivity index (χ0) is 26.3. The Balaban J connectivity index is 2.01. The number of nitrogens with zero attached hydrogens (tertiary/aromatic N) is 2. The van der Waals surface area contributed by atoms with Gasteiger partial charge in [-0.05, 0) is 56.7 Å². The van der Waals surface area contributed by atoms with Crippen LogP contribution < -0.4 is 9.62 Å². The highest BCUT2D eigenvalue weighted by atomic mass is 79.9. The number of halogens is 1. The van der Waals surface area contributed by atoms with Crippen LogP contribution in [0, 0.1) is 0 Å². The number of nitrogens with one attached hydrogen (secondary N) is 1. The largest absolute Gasteiger partial charge is 0.352 e. The van der Waals surface area contributed by atoms with E-state index in [9.17, 15) is 18.0 Å². The summed E-state index contributed by atoms with van der Waals surface area (Å²) in [4.78, 5) is 28.1. The van der Waals surface area contributed by atoms with Gasteiger partial charge < -0.3 is 10.2 Å². The van der Waals surface area contributed by atoms with E-state index in [0.29, 0.717) is 10.2 Å². The van der Waals surface area contributed by atoms with E-state index in [-0.39, 0.29) is 23.4 Å². The average Bonchev–Trinajstić information content (AvgIpc) is 2.86. The molecule has 1 atom stereocenters. The molecule has 3 aromatic rings. The number of sulfonamides is 1. The lowest BCUT2D eigenvalue weighted by atomic mass is 10.1. The number of hydrogen-bond acceptors (Lipinski definition) is 4. The van der Waals surface area contributed by atoms with Crippen LogP contribution in [0.3, 0.4) is 0 Å². The second-order valence-electron chi connectivity index (χ2n) is 8.65. The van der Waals surface area contributed by atoms with Crippen LogP contribution in [0.1, 0.15) is 26.3 Å². The molecule has 0 aliphatic heterocycles. The van der Waals surface area contributed by atoms with Gasteiger partial charge in [0, 0.05) is 17.1 Å². The Hall–Kier alpha value is -3.17. The van der Waals surface area contributed by atoms with Crippen molar-refractivity contribution >= 4 is 43.5 Å². The lowest BCUT2D eigenvalue weighted by molar-refractivity contribution is -0.139. The Kier molecular flexibility index (Phi) is 9.28. The Morgan fingerprint density at radius 1 is 0.889 bits per heavy atom. The predicted molar refractivity (Wildman–Crippen MR) is 145 cm³/mol. The van der Waals surface area contributed by atoms with Gasteiger partial charge in [0.25, 0.3) is 10.0 Å². The normalized spacial score (nSPS) is 12.1. The van der Waals surface area contributed by atoms with Gasteiger partial charge in [-0.1, -0.05) is 70.5 Å². The van der Waals surface area contributed by atoms with Gasteiger partial charge in [0.1, 0.15) is 12.6 Å². The topological polar surface area (TPSA) is 86.8 Å². The van der Waals surface area contributed by atoms with Gasteiger partial charge in [0.2, 0.25) is 11.8 Å². The quantitative estimate of drug-likeness (QED) is 0.385. The minimum atomic E-state index is -4.07. The van der Waals surface area contributed by atoms with Crippen molar-refractivity contribution in [3.8, 4) is 0 Å². The van der Waals surface area contributed by atoms with Gasteiger partial charge in [-0.15, -0.1) is 0 Å². The Morgan fingerprint density at radius 2 is 1.50 bits per heavy atom. The third-order valence-corrected chi connectivity index (χ3v) is 7.78. The average molecular weight is 573 g/mol. The van der Waals surface area contributed by atoms with E-state index in [2.05, 4.69) is 21.2 Å². The van der Waals surface area contributed by atoms with E-state index in [1.54, 1.807) is 49.4 Å². The number of benzene rings is 3. The van der Waals surface area contributed by atoms with Crippen LogP contribution in [0.25, 0.3) is 0 Å². The zero-order valence-corrected chi connectivity index (χ0v) is 22.9. The van der Waals surface area contributed by atoms with Crippen LogP contribution >= 0.6 is 15.9 Å². The van der Waals surface area contributed by atoms with Crippen LogP contribution in [-0.2, 0) is 26.2 Å². The predicted octanol–water partition coefficient (Wildman–Crippen LogP) is 4.59. The molecule has 0 aromatic heterocycles. The SMILES string of the molecule is CC(C)NC(=O)[C@H](C)N(Cc1ccccc1)C(=O)CN(c1cccc(Br)c1)S(=O)(=O)c1ccccc1. The minimum Gasteiger partial charge on any atom is -0.352 e. The number of hydrogen-bond donors (Lipinski definition) is 1. The Bertz CT molecular complexity index is 1280. The van der Waals surface area contributed by atoms with Crippen LogP contribution in [0.4, 0.5) is 5.69 Å². The molecule has 3 rings (SSSR count). The molecule has 9 heteroatoms. The molecule has 0 saturated carbocycles. The van der Waals surface area contributed by atoms with Crippen molar-refractivity contribution in [1.82, 2.24) is 10.2 Å². The summed E-state index contributed by atoms with van der Waals surface area (Å²) >= 11 is 3.39. The third kappa shape index (κ3) is 6.95. The first-order valence-corrected chi connectivity index (χ1v) is 13.8. The van der Waals surface area contributed by atoms with Crippen molar-refractivity contribution < 1.29 is 18.0 Å². The van der Waals surface area contributed by atoms with E-state index in [1.165, 1.54) is 17.0 Å². The molecule has 1 N–H and O–H groups in total. The summed E-state index contributed by atoms with van der Waals surface area (Å²) in [6.45, 7) is 5.02. The molecule has 0 fully saturated rings. The second kappa shape index (κ2) is 12.2. The maximum Gasteiger partial charge on any atom is 0.264 e. The summed E-state index contributed by atoms with van der Waals surface area (Å²) in [6, 6.07) is 23.1. The first kappa shape index (κ1) is 27.4. The van der Waals surface area contributed by atoms with Crippen molar-refractivity contribution in [3.05, 3.63) is 95.0 Å². The van der Waals surface area contributed by atoms with E-state index in [1.807, 2.05) is 44.2 Å². The maximum atomic E-state index is 13.8. The van der Waals surface area contributed by atoms with Gasteiger partial charge in [-0.3, -0.25) is 13.9 Å². The molecule has 0 aliphatic carbocycles. The van der Waals surface area contributed by atoms with Gasteiger partial charge >= 0.3 is 0 Å². The minimum absolute atomic E-state index is 0.0676. The van der Waals surface area contributed by atoms with Gasteiger partial charge in [-0.2, -0.15) is 0 Å². The molecule has 190 valence electrons. The summed E-state index contributed by atoms with van der Waals surface area (Å²) in [6.07, 6.45) is 0. The first-order valence-electron chi connectivity index (χ1n) is 11.6. The highest BCUT2D eigenvalue weighted by Crippen LogP contribution is 2.27. The van der Waals surface area contributed by atoms with Crippen LogP contribution in [0.5, 0.6) is 0 Å². The highest BCUT2D eigenvalue weighted by Gasteiger charge is 2.32. The summed E-state index contributed by atoms with van der Waals surface area (Å²) in [7, 11) is -4.07. The summed E-state index contributed by atoms with van der Waals surface area (Å²) < 4.78 is 29.1. The van der Waals surface area contributed by atoms with Crippen molar-refractivity contribution in [2.75, 3.05) is 10.8 Å². The van der Waals surface area contributed by atoms with Crippen molar-refractivity contribution in [1.29, 1.82) is 0 Å². The van der Waals surface area contributed by atoms with Crippen molar-refractivity contribution in [3.63, 3.8) is 0 Å². The van der Waals surface area contributed by atoms with Crippen LogP contribution in [-0.4, -0.2) is 43.8 Å². The number of carbonyl (C=O) groups is 2. The molecule has 0 radical (unpaired) electrons. The van der Waals surface area contributed by atoms with Crippen LogP contribution in [0.15, 0.2) is 94.3 Å². The second-order valence-corrected chi connectivity index (χ2v) is 11.4. The fourth-order valence-corrected chi connectivity index (χ4v) is 5.46. The molecule has 0 bridgehead atoms. The maximum absolute atomic E-state index is 13.8. The molecule has 7 nitrogen and oxygen atoms in total. The van der Waals surface area contributed by atoms with E-state index in [4.69, 9.17) is 0 Å². The molecule has 2 amide bonds. The molecule has 0 spiro atoms. The fraction of sp³-hybridized carbons (Fsp3) is 0.259. The third-order valence-electron chi connectivity index (χ3n) is 5.50. The molecule has 0 aliphatic rings. The Morgan fingerprint density at radius 3 is 2.08 bits per heavy atom. The molecular formula is C27H30BrN3O4S. The van der Waals surface area contributed by atoms with E-state index >= 15 is 0 Å². The molecule has 0 heterocycles. The molecule has 0 unspecified atom stereocenters. The standard InChI is InChI=1S/C27H30BrN3O4S/c1-20(2)29-27(33)21(3)30(18-22-11-6-4-7-12-22)26(32)19-31(24-14-10-13-23(28)17-24)36(34,35)25-15-8-5-9-16-25/h4-17,20-21H,18-19H2,1-3H3,(H,29,33)/t21-/m0/s1. The lowest BCUT2D eigenvalue weighted by Gasteiger charge is -2.32. The van der Waals surface area contributed by atoms with Gasteiger partial charge in [-0.25, -0.2) is 8.42 Å². The van der Waals surface area contributed by atoms with Crippen molar-refractivity contribution in [2.24, 2.45) is 0 Å². The summed E-state index contributed by atoms with van der Waals surface area (Å²) in [5.41, 5.74) is 1.16. The monoisotopic (exact) mass is 571 g/mol.